The summed E-state index contributed by atoms with van der Waals surface area (Å²) in [7, 11) is 0. The van der Waals surface area contributed by atoms with E-state index < -0.39 is 5.60 Å². The van der Waals surface area contributed by atoms with Crippen molar-refractivity contribution in [2.24, 2.45) is 10.7 Å². The lowest BCUT2D eigenvalue weighted by Crippen LogP contribution is -2.46. The van der Waals surface area contributed by atoms with Gasteiger partial charge in [-0.2, -0.15) is 0 Å². The number of amides is 2. The molecule has 4 aliphatic rings. The Labute approximate surface area is 230 Å². The minimum absolute atomic E-state index is 0.0646. The summed E-state index contributed by atoms with van der Waals surface area (Å²) in [6, 6.07) is 11.3. The lowest BCUT2D eigenvalue weighted by molar-refractivity contribution is -0.128. The molecule has 0 radical (unpaired) electrons. The van der Waals surface area contributed by atoms with Crippen molar-refractivity contribution in [1.82, 2.24) is 10.2 Å². The van der Waals surface area contributed by atoms with Gasteiger partial charge in [-0.05, 0) is 82.3 Å². The molecule has 6 rings (SSSR count). The van der Waals surface area contributed by atoms with E-state index in [1.807, 2.05) is 26.8 Å². The maximum absolute atomic E-state index is 13.6. The SMILES string of the molecule is CCOc1ccc2cc1CN1C(=O)CC(CCC/C=C\Cc3ccc4c(c3)C(CC(C)(C)O4)NC2=O)N=C1N. The third kappa shape index (κ3) is 6.10. The number of ether oxygens (including phenoxy) is 2. The van der Waals surface area contributed by atoms with Crippen LogP contribution in [-0.2, 0) is 17.8 Å². The van der Waals surface area contributed by atoms with E-state index in [0.29, 0.717) is 36.3 Å². The summed E-state index contributed by atoms with van der Waals surface area (Å²) in [6.07, 6.45) is 8.77. The summed E-state index contributed by atoms with van der Waals surface area (Å²) in [5, 5.41) is 3.25. The Morgan fingerprint density at radius 3 is 2.82 bits per heavy atom. The lowest BCUT2D eigenvalue weighted by atomic mass is 9.88. The van der Waals surface area contributed by atoms with Crippen molar-refractivity contribution in [2.45, 2.75) is 83.5 Å². The molecule has 2 aromatic rings. The number of aliphatic imine (C=N–C) groups is 1. The zero-order chi connectivity index (χ0) is 27.6. The van der Waals surface area contributed by atoms with Crippen LogP contribution in [0.15, 0.2) is 53.5 Å². The van der Waals surface area contributed by atoms with Crippen molar-refractivity contribution >= 4 is 17.8 Å². The van der Waals surface area contributed by atoms with Gasteiger partial charge >= 0.3 is 0 Å². The topological polar surface area (TPSA) is 106 Å². The number of hydrogen-bond donors (Lipinski definition) is 2. The minimum atomic E-state index is -0.423. The van der Waals surface area contributed by atoms with Gasteiger partial charge in [0.15, 0.2) is 5.96 Å². The van der Waals surface area contributed by atoms with Crippen LogP contribution in [0.5, 0.6) is 11.5 Å². The summed E-state index contributed by atoms with van der Waals surface area (Å²) in [5.74, 6) is 1.38. The number of allylic oxidation sites excluding steroid dienone is 2. The maximum atomic E-state index is 13.6. The first-order valence-corrected chi connectivity index (χ1v) is 13.9. The van der Waals surface area contributed by atoms with Gasteiger partial charge in [-0.25, -0.2) is 4.99 Å². The highest BCUT2D eigenvalue weighted by Crippen LogP contribution is 2.40. The van der Waals surface area contributed by atoms with Gasteiger partial charge in [-0.3, -0.25) is 14.5 Å². The molecule has 0 aromatic heterocycles. The van der Waals surface area contributed by atoms with E-state index in [1.165, 1.54) is 10.5 Å². The number of nitrogens with two attached hydrogens (primary N) is 1. The van der Waals surface area contributed by atoms with Crippen molar-refractivity contribution in [2.75, 3.05) is 6.61 Å². The summed E-state index contributed by atoms with van der Waals surface area (Å²) in [5.41, 5.74) is 9.22. The number of carbonyl (C=O) groups excluding carboxylic acids is 2. The number of nitrogens with zero attached hydrogens (tertiary/aromatic N) is 2. The second kappa shape index (κ2) is 11.1. The molecular formula is C31H38N4O4. The Morgan fingerprint density at radius 1 is 1.18 bits per heavy atom. The first-order valence-electron chi connectivity index (χ1n) is 13.9. The number of benzene rings is 2. The standard InChI is InChI=1S/C31H38N4O4/c1-4-38-26-14-12-21-16-22(26)19-35-28(36)17-23(33-30(35)32)10-8-6-5-7-9-20-11-13-27-24(15-20)25(34-29(21)37)18-31(2,3)39-27/h5,7,11-16,23,25H,4,6,8-10,17-19H2,1-3H3,(H2,32,33)(H,34,37)/b7-5-. The molecule has 39 heavy (non-hydrogen) atoms. The Hall–Kier alpha value is -3.81. The van der Waals surface area contributed by atoms with Crippen molar-refractivity contribution < 1.29 is 19.1 Å². The second-order valence-electron chi connectivity index (χ2n) is 11.2. The minimum Gasteiger partial charge on any atom is -0.494 e. The molecule has 0 aliphatic carbocycles. The zero-order valence-electron chi connectivity index (χ0n) is 23.0. The van der Waals surface area contributed by atoms with Crippen LogP contribution in [0.3, 0.4) is 0 Å². The predicted octanol–water partition coefficient (Wildman–Crippen LogP) is 4.82. The second-order valence-corrected chi connectivity index (χ2v) is 11.2. The Kier molecular flexibility index (Phi) is 7.64. The number of carbonyl (C=O) groups is 2. The molecule has 0 saturated heterocycles. The number of fused-ring (bicyclic) bond motifs is 6. The third-order valence-electron chi connectivity index (χ3n) is 7.52. The van der Waals surface area contributed by atoms with E-state index in [9.17, 15) is 9.59 Å². The summed E-state index contributed by atoms with van der Waals surface area (Å²) >= 11 is 0. The van der Waals surface area contributed by atoms with Crippen molar-refractivity contribution in [3.8, 4) is 11.5 Å². The van der Waals surface area contributed by atoms with Crippen LogP contribution in [0.2, 0.25) is 0 Å². The van der Waals surface area contributed by atoms with Crippen molar-refractivity contribution in [1.29, 1.82) is 0 Å². The molecule has 0 spiro atoms. The number of rotatable bonds is 2. The van der Waals surface area contributed by atoms with Gasteiger partial charge in [0.1, 0.15) is 17.1 Å². The molecule has 8 nitrogen and oxygen atoms in total. The Bertz CT molecular complexity index is 1320. The van der Waals surface area contributed by atoms with E-state index in [4.69, 9.17) is 15.2 Å². The maximum Gasteiger partial charge on any atom is 0.251 e. The van der Waals surface area contributed by atoms with Crippen LogP contribution in [0.25, 0.3) is 0 Å². The monoisotopic (exact) mass is 530 g/mol. The van der Waals surface area contributed by atoms with Gasteiger partial charge in [0, 0.05) is 29.5 Å². The molecule has 6 bridgehead atoms. The number of hydrogen-bond acceptors (Lipinski definition) is 6. The van der Waals surface area contributed by atoms with Crippen molar-refractivity contribution in [3.05, 3.63) is 70.8 Å². The molecule has 3 N–H and O–H groups in total. The van der Waals surface area contributed by atoms with Crippen LogP contribution in [0.4, 0.5) is 0 Å². The summed E-state index contributed by atoms with van der Waals surface area (Å²) in [4.78, 5) is 32.8. The molecule has 2 amide bonds. The highest BCUT2D eigenvalue weighted by Gasteiger charge is 2.35. The van der Waals surface area contributed by atoms with Crippen LogP contribution in [0.1, 0.15) is 86.0 Å². The van der Waals surface area contributed by atoms with E-state index in [1.54, 1.807) is 18.2 Å². The average Bonchev–Trinajstić information content (AvgIpc) is 2.88. The smallest absolute Gasteiger partial charge is 0.251 e. The molecular weight excluding hydrogens is 492 g/mol. The van der Waals surface area contributed by atoms with E-state index >= 15 is 0 Å². The largest absolute Gasteiger partial charge is 0.494 e. The van der Waals surface area contributed by atoms with Gasteiger partial charge in [0.05, 0.1) is 25.2 Å². The Morgan fingerprint density at radius 2 is 2.03 bits per heavy atom. The van der Waals surface area contributed by atoms with Crippen LogP contribution in [-0.4, -0.2) is 40.9 Å². The molecule has 0 saturated carbocycles. The molecule has 2 aromatic carbocycles. The van der Waals surface area contributed by atoms with Gasteiger partial charge in [-0.1, -0.05) is 18.2 Å². The number of guanidine groups is 1. The van der Waals surface area contributed by atoms with Gasteiger partial charge in [0.25, 0.3) is 5.91 Å². The first-order chi connectivity index (χ1) is 18.7. The van der Waals surface area contributed by atoms with E-state index in [2.05, 4.69) is 34.6 Å². The van der Waals surface area contributed by atoms with Gasteiger partial charge in [-0.15, -0.1) is 0 Å². The predicted molar refractivity (Wildman–Crippen MR) is 151 cm³/mol. The molecule has 8 heteroatoms. The highest BCUT2D eigenvalue weighted by molar-refractivity contribution is 5.99. The average molecular weight is 531 g/mol. The quantitative estimate of drug-likeness (QED) is 0.542. The molecule has 206 valence electrons. The van der Waals surface area contributed by atoms with Crippen molar-refractivity contribution in [3.63, 3.8) is 0 Å². The van der Waals surface area contributed by atoms with Gasteiger partial charge < -0.3 is 20.5 Å². The van der Waals surface area contributed by atoms with E-state index in [0.717, 1.165) is 37.0 Å². The summed E-state index contributed by atoms with van der Waals surface area (Å²) < 4.78 is 12.1. The third-order valence-corrected chi connectivity index (χ3v) is 7.52. The normalized spacial score (nSPS) is 23.8. The molecule has 0 fully saturated rings. The lowest BCUT2D eigenvalue weighted by Gasteiger charge is -2.38. The zero-order valence-corrected chi connectivity index (χ0v) is 23.0. The molecule has 2 atom stereocenters. The van der Waals surface area contributed by atoms with Crippen LogP contribution in [0, 0.1) is 0 Å². The first kappa shape index (κ1) is 26.8. The van der Waals surface area contributed by atoms with E-state index in [-0.39, 0.29) is 36.4 Å². The number of nitrogens with one attached hydrogen (secondary N) is 1. The highest BCUT2D eigenvalue weighted by atomic mass is 16.5. The fourth-order valence-corrected chi connectivity index (χ4v) is 5.60. The molecule has 2 unspecified atom stereocenters. The Balaban J connectivity index is 1.52. The fraction of sp³-hybridized carbons (Fsp3) is 0.452. The van der Waals surface area contributed by atoms with Crippen LogP contribution >= 0.6 is 0 Å². The summed E-state index contributed by atoms with van der Waals surface area (Å²) in [6.45, 7) is 6.63. The fourth-order valence-electron chi connectivity index (χ4n) is 5.60. The molecule has 4 aliphatic heterocycles. The van der Waals surface area contributed by atoms with Gasteiger partial charge in [0.2, 0.25) is 5.91 Å². The molecule has 4 heterocycles. The van der Waals surface area contributed by atoms with Crippen LogP contribution < -0.4 is 20.5 Å².